The van der Waals surface area contributed by atoms with Gasteiger partial charge in [0.25, 0.3) is 5.91 Å². The molecule has 1 aromatic carbocycles. The number of H-pyrrole nitrogens is 1. The summed E-state index contributed by atoms with van der Waals surface area (Å²) in [6.45, 7) is 0.957. The summed E-state index contributed by atoms with van der Waals surface area (Å²) >= 11 is 1.34. The van der Waals surface area contributed by atoms with E-state index in [2.05, 4.69) is 25.9 Å². The number of benzene rings is 1. The van der Waals surface area contributed by atoms with Crippen LogP contribution in [-0.4, -0.2) is 73.0 Å². The Morgan fingerprint density at radius 2 is 2.03 bits per heavy atom. The molecule has 37 heavy (non-hydrogen) atoms. The van der Waals surface area contributed by atoms with Crippen molar-refractivity contribution in [3.05, 3.63) is 46.3 Å². The molecule has 0 unspecified atom stereocenters. The van der Waals surface area contributed by atoms with Crippen molar-refractivity contribution < 1.29 is 14.3 Å². The molecule has 1 aliphatic rings. The Morgan fingerprint density at radius 1 is 1.19 bits per heavy atom. The van der Waals surface area contributed by atoms with Crippen LogP contribution in [0.5, 0.6) is 5.75 Å². The van der Waals surface area contributed by atoms with Gasteiger partial charge in [0.1, 0.15) is 22.1 Å². The van der Waals surface area contributed by atoms with Crippen molar-refractivity contribution in [1.29, 1.82) is 0 Å². The number of amides is 2. The van der Waals surface area contributed by atoms with E-state index in [-0.39, 0.29) is 11.8 Å². The minimum atomic E-state index is -0.175. The number of nitrogens with zero attached hydrogens (tertiary/aromatic N) is 4. The summed E-state index contributed by atoms with van der Waals surface area (Å²) in [6.07, 6.45) is 2.55. The third-order valence-electron chi connectivity index (χ3n) is 6.06. The first-order valence-electron chi connectivity index (χ1n) is 11.7. The number of hydrogen-bond donors (Lipinski definition) is 4. The summed E-state index contributed by atoms with van der Waals surface area (Å²) in [5, 5.41) is 11.8. The molecule has 4 aromatic rings. The van der Waals surface area contributed by atoms with Crippen LogP contribution in [0.3, 0.4) is 0 Å². The van der Waals surface area contributed by atoms with E-state index in [0.717, 1.165) is 23.1 Å². The molecule has 4 N–H and O–H groups in total. The highest BCUT2D eigenvalue weighted by atomic mass is 32.1. The number of methoxy groups -OCH3 is 1. The van der Waals surface area contributed by atoms with Gasteiger partial charge in [-0.2, -0.15) is 9.97 Å². The van der Waals surface area contributed by atoms with Crippen LogP contribution in [0.1, 0.15) is 15.2 Å². The average molecular weight is 521 g/mol. The SMILES string of the molecule is CNC(=O)c1sccc1Nc1nc(Nc2cc3c(cc2OC)CCN3C(=O)CN(C)C)nc2[nH]ccc12. The van der Waals surface area contributed by atoms with Crippen molar-refractivity contribution in [1.82, 2.24) is 25.2 Å². The molecule has 0 spiro atoms. The van der Waals surface area contributed by atoms with Crippen molar-refractivity contribution in [2.24, 2.45) is 0 Å². The first kappa shape index (κ1) is 24.5. The van der Waals surface area contributed by atoms with Crippen LogP contribution in [0.4, 0.5) is 28.8 Å². The third-order valence-corrected chi connectivity index (χ3v) is 6.98. The summed E-state index contributed by atoms with van der Waals surface area (Å²) < 4.78 is 5.65. The summed E-state index contributed by atoms with van der Waals surface area (Å²) in [7, 11) is 6.96. The number of fused-ring (bicyclic) bond motifs is 2. The Morgan fingerprint density at radius 3 is 2.78 bits per heavy atom. The molecule has 2 amide bonds. The van der Waals surface area contributed by atoms with Gasteiger partial charge in [-0.3, -0.25) is 9.59 Å². The predicted molar refractivity (Wildman–Crippen MR) is 146 cm³/mol. The van der Waals surface area contributed by atoms with E-state index < -0.39 is 0 Å². The van der Waals surface area contributed by atoms with Crippen molar-refractivity contribution in [3.8, 4) is 5.75 Å². The molecular formula is C25H28N8O3S. The van der Waals surface area contributed by atoms with Gasteiger partial charge in [-0.25, -0.2) is 0 Å². The van der Waals surface area contributed by atoms with Crippen LogP contribution in [-0.2, 0) is 11.2 Å². The molecule has 1 aliphatic heterocycles. The number of likely N-dealkylation sites (N-methyl/N-ethyl adjacent to an activating group) is 1. The maximum absolute atomic E-state index is 12.8. The molecule has 5 rings (SSSR count). The number of nitrogens with one attached hydrogen (secondary N) is 4. The van der Waals surface area contributed by atoms with Gasteiger partial charge in [-0.15, -0.1) is 11.3 Å². The summed E-state index contributed by atoms with van der Waals surface area (Å²) in [5.74, 6) is 1.37. The Bertz CT molecular complexity index is 1480. The third kappa shape index (κ3) is 4.80. The van der Waals surface area contributed by atoms with Crippen molar-refractivity contribution in [2.45, 2.75) is 6.42 Å². The number of carbonyl (C=O) groups is 2. The molecule has 11 nitrogen and oxygen atoms in total. The first-order valence-corrected chi connectivity index (χ1v) is 12.6. The Balaban J connectivity index is 1.49. The van der Waals surface area contributed by atoms with Crippen LogP contribution < -0.4 is 25.6 Å². The second-order valence-electron chi connectivity index (χ2n) is 8.84. The number of ether oxygens (including phenoxy) is 1. The number of hydrogen-bond acceptors (Lipinski definition) is 9. The molecule has 0 fully saturated rings. The van der Waals surface area contributed by atoms with Gasteiger partial charge in [0.05, 0.1) is 30.4 Å². The first-order chi connectivity index (χ1) is 17.9. The van der Waals surface area contributed by atoms with Gasteiger partial charge >= 0.3 is 0 Å². The van der Waals surface area contributed by atoms with E-state index in [4.69, 9.17) is 9.72 Å². The molecule has 12 heteroatoms. The van der Waals surface area contributed by atoms with Crippen molar-refractivity contribution in [3.63, 3.8) is 0 Å². The lowest BCUT2D eigenvalue weighted by molar-refractivity contribution is -0.119. The standard InChI is InChI=1S/C25H28N8O3S/c1-26-24(35)21-16(7-10-37-21)28-23-15-5-8-27-22(15)30-25(31-23)29-17-12-18-14(11-19(17)36-4)6-9-33(18)20(34)13-32(2)3/h5,7-8,10-12H,6,9,13H2,1-4H3,(H,26,35)(H3,27,28,29,30,31). The van der Waals surface area contributed by atoms with Crippen molar-refractivity contribution >= 4 is 63.0 Å². The van der Waals surface area contributed by atoms with Gasteiger partial charge in [0.15, 0.2) is 0 Å². The molecule has 0 atom stereocenters. The summed E-state index contributed by atoms with van der Waals surface area (Å²) in [6, 6.07) is 7.57. The highest BCUT2D eigenvalue weighted by molar-refractivity contribution is 7.12. The maximum Gasteiger partial charge on any atom is 0.263 e. The normalized spacial score (nSPS) is 12.6. The lowest BCUT2D eigenvalue weighted by Gasteiger charge is -2.21. The number of carbonyl (C=O) groups excluding carboxylic acids is 2. The van der Waals surface area contributed by atoms with Crippen LogP contribution in [0, 0.1) is 0 Å². The zero-order chi connectivity index (χ0) is 26.1. The topological polar surface area (TPSA) is 128 Å². The van der Waals surface area contributed by atoms with E-state index in [1.807, 2.05) is 48.6 Å². The lowest BCUT2D eigenvalue weighted by Crippen LogP contribution is -2.36. The quantitative estimate of drug-likeness (QED) is 0.279. The molecule has 4 heterocycles. The number of anilines is 5. The molecular weight excluding hydrogens is 492 g/mol. The van der Waals surface area contributed by atoms with Gasteiger partial charge in [0, 0.05) is 25.5 Å². The smallest absolute Gasteiger partial charge is 0.263 e. The number of aromatic amines is 1. The van der Waals surface area contributed by atoms with Gasteiger partial charge in [-0.05, 0) is 55.7 Å². The van der Waals surface area contributed by atoms with E-state index >= 15 is 0 Å². The fourth-order valence-electron chi connectivity index (χ4n) is 4.33. The minimum absolute atomic E-state index is 0.0399. The van der Waals surface area contributed by atoms with Crippen LogP contribution in [0.2, 0.25) is 0 Å². The molecule has 192 valence electrons. The van der Waals surface area contributed by atoms with Crippen LogP contribution in [0.25, 0.3) is 11.0 Å². The van der Waals surface area contributed by atoms with E-state index in [1.165, 1.54) is 11.3 Å². The summed E-state index contributed by atoms with van der Waals surface area (Å²) in [5.41, 5.74) is 3.82. The maximum atomic E-state index is 12.8. The Hall–Kier alpha value is -4.16. The Labute approximate surface area is 217 Å². The Kier molecular flexibility index (Phi) is 6.68. The zero-order valence-corrected chi connectivity index (χ0v) is 21.8. The summed E-state index contributed by atoms with van der Waals surface area (Å²) in [4.78, 5) is 41.8. The minimum Gasteiger partial charge on any atom is -0.495 e. The molecule has 0 aliphatic carbocycles. The molecule has 0 saturated carbocycles. The second kappa shape index (κ2) is 10.1. The molecule has 0 saturated heterocycles. The molecule has 0 bridgehead atoms. The van der Waals surface area contributed by atoms with Crippen LogP contribution >= 0.6 is 11.3 Å². The predicted octanol–water partition coefficient (Wildman–Crippen LogP) is 3.33. The zero-order valence-electron chi connectivity index (χ0n) is 21.0. The second-order valence-corrected chi connectivity index (χ2v) is 9.76. The fraction of sp³-hybridized carbons (Fsp3) is 0.280. The highest BCUT2D eigenvalue weighted by Gasteiger charge is 2.27. The van der Waals surface area contributed by atoms with E-state index in [1.54, 1.807) is 25.3 Å². The van der Waals surface area contributed by atoms with Crippen molar-refractivity contribution in [2.75, 3.05) is 56.9 Å². The van der Waals surface area contributed by atoms with Gasteiger partial charge in [-0.1, -0.05) is 0 Å². The van der Waals surface area contributed by atoms with E-state index in [0.29, 0.717) is 52.5 Å². The van der Waals surface area contributed by atoms with Gasteiger partial charge in [0.2, 0.25) is 11.9 Å². The molecule has 3 aromatic heterocycles. The number of thiophene rings is 1. The molecule has 0 radical (unpaired) electrons. The number of rotatable bonds is 8. The number of aromatic nitrogens is 3. The van der Waals surface area contributed by atoms with Crippen LogP contribution in [0.15, 0.2) is 35.8 Å². The lowest BCUT2D eigenvalue weighted by atomic mass is 10.1. The monoisotopic (exact) mass is 520 g/mol. The van der Waals surface area contributed by atoms with E-state index in [9.17, 15) is 9.59 Å². The largest absolute Gasteiger partial charge is 0.495 e. The fourth-order valence-corrected chi connectivity index (χ4v) is 5.13. The van der Waals surface area contributed by atoms with Gasteiger partial charge < -0.3 is 35.5 Å². The highest BCUT2D eigenvalue weighted by Crippen LogP contribution is 2.39. The average Bonchev–Trinajstić information content (AvgIpc) is 3.62.